The van der Waals surface area contributed by atoms with Crippen molar-refractivity contribution in [2.24, 2.45) is 0 Å². The summed E-state index contributed by atoms with van der Waals surface area (Å²) in [6, 6.07) is 13.0. The lowest BCUT2D eigenvalue weighted by Gasteiger charge is -2.09. The quantitative estimate of drug-likeness (QED) is 0.655. The molecular formula is C18H15BrN2O4. The number of furan rings is 1. The van der Waals surface area contributed by atoms with E-state index in [9.17, 15) is 9.59 Å². The number of amides is 2. The van der Waals surface area contributed by atoms with Gasteiger partial charge >= 0.3 is 0 Å². The molecule has 3 aromatic rings. The third-order valence-electron chi connectivity index (χ3n) is 3.56. The molecule has 3 rings (SSSR count). The number of nitrogens with one attached hydrogen (secondary N) is 2. The maximum Gasteiger partial charge on any atom is 0.276 e. The summed E-state index contributed by atoms with van der Waals surface area (Å²) in [4.78, 5) is 23.7. The third kappa shape index (κ3) is 4.19. The first-order valence-electron chi connectivity index (χ1n) is 7.48. The van der Waals surface area contributed by atoms with Crippen LogP contribution in [-0.4, -0.2) is 18.4 Å². The van der Waals surface area contributed by atoms with Crippen molar-refractivity contribution < 1.29 is 18.7 Å². The normalized spacial score (nSPS) is 10.5. The molecule has 0 aliphatic rings. The predicted octanol–water partition coefficient (Wildman–Crippen LogP) is 3.34. The van der Waals surface area contributed by atoms with E-state index in [2.05, 4.69) is 26.8 Å². The summed E-state index contributed by atoms with van der Waals surface area (Å²) >= 11 is 3.42. The molecule has 2 amide bonds. The van der Waals surface area contributed by atoms with Crippen LogP contribution >= 0.6 is 15.9 Å². The zero-order valence-corrected chi connectivity index (χ0v) is 14.9. The second-order valence-corrected chi connectivity index (χ2v) is 6.25. The van der Waals surface area contributed by atoms with E-state index in [0.717, 1.165) is 15.2 Å². The van der Waals surface area contributed by atoms with Crippen LogP contribution in [0.1, 0.15) is 16.1 Å². The second kappa shape index (κ2) is 7.40. The minimum absolute atomic E-state index is 0.216. The SMILES string of the molecule is Cc1occc1C(=O)NNC(=O)COc1ccc2cc(Br)ccc2c1. The van der Waals surface area contributed by atoms with Crippen molar-refractivity contribution >= 4 is 38.5 Å². The number of ether oxygens (including phenoxy) is 1. The Hall–Kier alpha value is -2.80. The Morgan fingerprint density at radius 1 is 1.08 bits per heavy atom. The third-order valence-corrected chi connectivity index (χ3v) is 4.06. The number of aryl methyl sites for hydroxylation is 1. The number of carbonyl (C=O) groups is 2. The molecule has 2 aromatic carbocycles. The van der Waals surface area contributed by atoms with Crippen molar-refractivity contribution in [1.29, 1.82) is 0 Å². The zero-order chi connectivity index (χ0) is 17.8. The van der Waals surface area contributed by atoms with Gasteiger partial charge in [0, 0.05) is 4.47 Å². The van der Waals surface area contributed by atoms with Gasteiger partial charge in [-0.3, -0.25) is 20.4 Å². The number of fused-ring (bicyclic) bond motifs is 1. The van der Waals surface area contributed by atoms with Gasteiger partial charge in [0.15, 0.2) is 6.61 Å². The van der Waals surface area contributed by atoms with E-state index >= 15 is 0 Å². The highest BCUT2D eigenvalue weighted by atomic mass is 79.9. The maximum absolute atomic E-state index is 11.8. The van der Waals surface area contributed by atoms with Crippen molar-refractivity contribution in [3.05, 3.63) is 64.5 Å². The molecule has 0 atom stereocenters. The fourth-order valence-electron chi connectivity index (χ4n) is 2.28. The molecular weight excluding hydrogens is 388 g/mol. The Kier molecular flexibility index (Phi) is 5.04. The fraction of sp³-hybridized carbons (Fsp3) is 0.111. The first kappa shape index (κ1) is 17.0. The number of hydrogen-bond donors (Lipinski definition) is 2. The highest BCUT2D eigenvalue weighted by Gasteiger charge is 2.12. The minimum atomic E-state index is -0.467. The zero-order valence-electron chi connectivity index (χ0n) is 13.3. The average Bonchev–Trinajstić information content (AvgIpc) is 3.03. The van der Waals surface area contributed by atoms with E-state index in [4.69, 9.17) is 9.15 Å². The summed E-state index contributed by atoms with van der Waals surface area (Å²) in [5.41, 5.74) is 4.98. The van der Waals surface area contributed by atoms with Gasteiger partial charge in [0.1, 0.15) is 11.5 Å². The summed E-state index contributed by atoms with van der Waals surface area (Å²) in [7, 11) is 0. The minimum Gasteiger partial charge on any atom is -0.484 e. The number of halogens is 1. The lowest BCUT2D eigenvalue weighted by atomic mass is 10.1. The van der Waals surface area contributed by atoms with Gasteiger partial charge in [-0.25, -0.2) is 0 Å². The molecule has 0 aliphatic heterocycles. The standard InChI is InChI=1S/C18H15BrN2O4/c1-11-16(6-7-24-11)18(23)21-20-17(22)10-25-15-5-3-12-8-14(19)4-2-13(12)9-15/h2-9H,10H2,1H3,(H,20,22)(H,21,23). The number of hydrazine groups is 1. The van der Waals surface area contributed by atoms with E-state index in [1.807, 2.05) is 30.3 Å². The molecule has 1 heterocycles. The molecule has 0 saturated carbocycles. The Balaban J connectivity index is 1.53. The van der Waals surface area contributed by atoms with Crippen LogP contribution in [0.15, 0.2) is 57.6 Å². The summed E-state index contributed by atoms with van der Waals surface area (Å²) in [6.45, 7) is 1.45. The van der Waals surface area contributed by atoms with Crippen LogP contribution in [0.5, 0.6) is 5.75 Å². The molecule has 6 nitrogen and oxygen atoms in total. The van der Waals surface area contributed by atoms with Crippen LogP contribution < -0.4 is 15.6 Å². The van der Waals surface area contributed by atoms with Crippen molar-refractivity contribution in [1.82, 2.24) is 10.9 Å². The van der Waals surface area contributed by atoms with Gasteiger partial charge < -0.3 is 9.15 Å². The number of benzene rings is 2. The van der Waals surface area contributed by atoms with Gasteiger partial charge in [0.05, 0.1) is 11.8 Å². The molecule has 0 fully saturated rings. The van der Waals surface area contributed by atoms with Crippen LogP contribution in [0.2, 0.25) is 0 Å². The smallest absolute Gasteiger partial charge is 0.276 e. The van der Waals surface area contributed by atoms with E-state index < -0.39 is 11.8 Å². The molecule has 25 heavy (non-hydrogen) atoms. The molecule has 2 N–H and O–H groups in total. The van der Waals surface area contributed by atoms with Crippen molar-refractivity contribution in [3.63, 3.8) is 0 Å². The average molecular weight is 403 g/mol. The molecule has 1 aromatic heterocycles. The predicted molar refractivity (Wildman–Crippen MR) is 96.2 cm³/mol. The van der Waals surface area contributed by atoms with Gasteiger partial charge in [-0.2, -0.15) is 0 Å². The molecule has 128 valence electrons. The van der Waals surface area contributed by atoms with E-state index in [1.54, 1.807) is 13.0 Å². The Labute approximate surface area is 152 Å². The number of rotatable bonds is 4. The van der Waals surface area contributed by atoms with Crippen LogP contribution in [0.25, 0.3) is 10.8 Å². The Morgan fingerprint density at radius 2 is 1.84 bits per heavy atom. The van der Waals surface area contributed by atoms with E-state index in [1.165, 1.54) is 12.3 Å². The fourth-order valence-corrected chi connectivity index (χ4v) is 2.66. The van der Waals surface area contributed by atoms with Crippen LogP contribution in [0.4, 0.5) is 0 Å². The highest BCUT2D eigenvalue weighted by Crippen LogP contribution is 2.24. The van der Waals surface area contributed by atoms with Gasteiger partial charge in [-0.1, -0.05) is 28.1 Å². The monoisotopic (exact) mass is 402 g/mol. The lowest BCUT2D eigenvalue weighted by Crippen LogP contribution is -2.43. The summed E-state index contributed by atoms with van der Waals surface area (Å²) in [5, 5.41) is 2.07. The Bertz CT molecular complexity index is 936. The van der Waals surface area contributed by atoms with E-state index in [-0.39, 0.29) is 6.61 Å². The van der Waals surface area contributed by atoms with E-state index in [0.29, 0.717) is 17.1 Å². The summed E-state index contributed by atoms with van der Waals surface area (Å²) in [6.07, 6.45) is 1.41. The van der Waals surface area contributed by atoms with Crippen LogP contribution in [-0.2, 0) is 4.79 Å². The first-order chi connectivity index (χ1) is 12.0. The van der Waals surface area contributed by atoms with Crippen molar-refractivity contribution in [2.75, 3.05) is 6.61 Å². The van der Waals surface area contributed by atoms with Gasteiger partial charge in [0.2, 0.25) is 0 Å². The first-order valence-corrected chi connectivity index (χ1v) is 8.27. The largest absolute Gasteiger partial charge is 0.484 e. The number of hydrogen-bond acceptors (Lipinski definition) is 4. The molecule has 0 radical (unpaired) electrons. The molecule has 0 spiro atoms. The van der Waals surface area contributed by atoms with Gasteiger partial charge in [-0.05, 0) is 48.0 Å². The maximum atomic E-state index is 11.8. The van der Waals surface area contributed by atoms with Crippen LogP contribution in [0.3, 0.4) is 0 Å². The summed E-state index contributed by atoms with van der Waals surface area (Å²) in [5.74, 6) is 0.133. The topological polar surface area (TPSA) is 80.6 Å². The van der Waals surface area contributed by atoms with Gasteiger partial charge in [-0.15, -0.1) is 0 Å². The highest BCUT2D eigenvalue weighted by molar-refractivity contribution is 9.10. The molecule has 0 unspecified atom stereocenters. The number of carbonyl (C=O) groups excluding carboxylic acids is 2. The van der Waals surface area contributed by atoms with Crippen molar-refractivity contribution in [2.45, 2.75) is 6.92 Å². The molecule has 0 bridgehead atoms. The lowest BCUT2D eigenvalue weighted by molar-refractivity contribution is -0.123. The molecule has 0 aliphatic carbocycles. The Morgan fingerprint density at radius 3 is 2.60 bits per heavy atom. The molecule has 7 heteroatoms. The molecule has 0 saturated heterocycles. The summed E-state index contributed by atoms with van der Waals surface area (Å²) < 4.78 is 11.5. The van der Waals surface area contributed by atoms with Gasteiger partial charge in [0.25, 0.3) is 11.8 Å². The van der Waals surface area contributed by atoms with Crippen LogP contribution in [0, 0.1) is 6.92 Å². The van der Waals surface area contributed by atoms with Crippen molar-refractivity contribution in [3.8, 4) is 5.75 Å². The second-order valence-electron chi connectivity index (χ2n) is 5.33.